The third kappa shape index (κ3) is 3.32. The van der Waals surface area contributed by atoms with Gasteiger partial charge in [-0.1, -0.05) is 11.6 Å². The lowest BCUT2D eigenvalue weighted by Gasteiger charge is -2.07. The quantitative estimate of drug-likeness (QED) is 0.573. The number of ether oxygens (including phenoxy) is 1. The van der Waals surface area contributed by atoms with Gasteiger partial charge in [0.25, 0.3) is 5.91 Å². The minimum absolute atomic E-state index is 0.0657. The van der Waals surface area contributed by atoms with Crippen LogP contribution in [0.3, 0.4) is 0 Å². The standard InChI is InChI=1S/C13H6BrClF2N2O2S2/c14-5-1-2-6(21-12(16)17)7-8(15)10(23-9(5)7)11(20)19-13-18-3-4-22-13/h1-4,12H,(H,18,19,20). The van der Waals surface area contributed by atoms with Crippen LogP contribution in [-0.4, -0.2) is 17.5 Å². The number of amides is 1. The van der Waals surface area contributed by atoms with Gasteiger partial charge in [-0.15, -0.1) is 22.7 Å². The van der Waals surface area contributed by atoms with Crippen molar-refractivity contribution in [2.75, 3.05) is 5.32 Å². The van der Waals surface area contributed by atoms with Crippen LogP contribution in [0.4, 0.5) is 13.9 Å². The van der Waals surface area contributed by atoms with Crippen LogP contribution in [0.25, 0.3) is 10.1 Å². The normalized spacial score (nSPS) is 11.2. The first-order chi connectivity index (χ1) is 11.0. The van der Waals surface area contributed by atoms with Crippen LogP contribution >= 0.6 is 50.2 Å². The minimum Gasteiger partial charge on any atom is -0.434 e. The Hall–Kier alpha value is -1.29. The summed E-state index contributed by atoms with van der Waals surface area (Å²) < 4.78 is 30.8. The molecule has 0 aliphatic carbocycles. The topological polar surface area (TPSA) is 51.2 Å². The van der Waals surface area contributed by atoms with Crippen LogP contribution in [0.15, 0.2) is 28.2 Å². The van der Waals surface area contributed by atoms with E-state index in [2.05, 4.69) is 31.0 Å². The van der Waals surface area contributed by atoms with Crippen molar-refractivity contribution in [3.8, 4) is 5.75 Å². The first-order valence-electron chi connectivity index (χ1n) is 6.03. The zero-order valence-corrected chi connectivity index (χ0v) is 15.0. The molecular weight excluding hydrogens is 434 g/mol. The van der Waals surface area contributed by atoms with Gasteiger partial charge in [-0.3, -0.25) is 10.1 Å². The molecule has 0 saturated heterocycles. The Morgan fingerprint density at radius 1 is 1.43 bits per heavy atom. The highest BCUT2D eigenvalue weighted by Gasteiger charge is 2.23. The number of fused-ring (bicyclic) bond motifs is 1. The molecule has 120 valence electrons. The predicted octanol–water partition coefficient (Wildman–Crippen LogP) is 5.63. The minimum atomic E-state index is -2.98. The fourth-order valence-electron chi connectivity index (χ4n) is 1.89. The zero-order chi connectivity index (χ0) is 16.6. The van der Waals surface area contributed by atoms with E-state index in [1.165, 1.54) is 17.4 Å². The average Bonchev–Trinajstić information content (AvgIpc) is 3.10. The molecule has 0 radical (unpaired) electrons. The van der Waals surface area contributed by atoms with Gasteiger partial charge in [0.1, 0.15) is 10.6 Å². The number of anilines is 1. The molecule has 23 heavy (non-hydrogen) atoms. The maximum absolute atomic E-state index is 12.5. The highest BCUT2D eigenvalue weighted by molar-refractivity contribution is 9.10. The number of nitrogens with one attached hydrogen (secondary N) is 1. The molecule has 3 rings (SSSR count). The van der Waals surface area contributed by atoms with Crippen molar-refractivity contribution in [3.63, 3.8) is 0 Å². The van der Waals surface area contributed by atoms with E-state index in [0.717, 1.165) is 11.3 Å². The van der Waals surface area contributed by atoms with E-state index in [0.29, 0.717) is 14.3 Å². The van der Waals surface area contributed by atoms with Crippen LogP contribution < -0.4 is 10.1 Å². The second kappa shape index (κ2) is 6.68. The average molecular weight is 440 g/mol. The summed E-state index contributed by atoms with van der Waals surface area (Å²) >= 11 is 11.9. The number of hydrogen-bond donors (Lipinski definition) is 1. The second-order valence-corrected chi connectivity index (χ2v) is 7.31. The van der Waals surface area contributed by atoms with Gasteiger partial charge in [0, 0.05) is 16.0 Å². The maximum atomic E-state index is 12.5. The van der Waals surface area contributed by atoms with Crippen LogP contribution in [0, 0.1) is 0 Å². The lowest BCUT2D eigenvalue weighted by Crippen LogP contribution is -2.10. The highest BCUT2D eigenvalue weighted by Crippen LogP contribution is 2.44. The van der Waals surface area contributed by atoms with Crippen molar-refractivity contribution in [2.45, 2.75) is 6.61 Å². The van der Waals surface area contributed by atoms with Crippen molar-refractivity contribution in [3.05, 3.63) is 38.1 Å². The van der Waals surface area contributed by atoms with Gasteiger partial charge in [0.2, 0.25) is 0 Å². The summed E-state index contributed by atoms with van der Waals surface area (Å²) in [4.78, 5) is 16.5. The number of thiophene rings is 1. The van der Waals surface area contributed by atoms with Crippen LogP contribution in [0.2, 0.25) is 5.02 Å². The molecule has 0 spiro atoms. The first kappa shape index (κ1) is 16.6. The van der Waals surface area contributed by atoms with Crippen molar-refractivity contribution in [1.82, 2.24) is 4.98 Å². The fourth-order valence-corrected chi connectivity index (χ4v) is 4.44. The Morgan fingerprint density at radius 2 is 2.22 bits per heavy atom. The predicted molar refractivity (Wildman–Crippen MR) is 91.2 cm³/mol. The second-order valence-electron chi connectivity index (χ2n) is 4.16. The summed E-state index contributed by atoms with van der Waals surface area (Å²) in [6.07, 6.45) is 1.55. The zero-order valence-electron chi connectivity index (χ0n) is 11.0. The molecule has 0 bridgehead atoms. The van der Waals surface area contributed by atoms with Gasteiger partial charge in [0.05, 0.1) is 15.1 Å². The number of carbonyl (C=O) groups is 1. The molecule has 1 aromatic carbocycles. The molecule has 0 fully saturated rings. The third-order valence-corrected chi connectivity index (χ3v) is 6.09. The summed E-state index contributed by atoms with van der Waals surface area (Å²) in [7, 11) is 0. The van der Waals surface area contributed by atoms with Gasteiger partial charge in [-0.25, -0.2) is 4.98 Å². The molecule has 2 aromatic heterocycles. The monoisotopic (exact) mass is 438 g/mol. The summed E-state index contributed by atoms with van der Waals surface area (Å²) in [6, 6.07) is 2.94. The van der Waals surface area contributed by atoms with E-state index in [1.54, 1.807) is 17.6 Å². The molecule has 0 aliphatic rings. The molecule has 3 aromatic rings. The number of aromatic nitrogens is 1. The number of benzene rings is 1. The number of carbonyl (C=O) groups excluding carboxylic acids is 1. The van der Waals surface area contributed by atoms with E-state index in [1.807, 2.05) is 0 Å². The Balaban J connectivity index is 2.07. The molecule has 1 amide bonds. The van der Waals surface area contributed by atoms with E-state index >= 15 is 0 Å². The Morgan fingerprint density at radius 3 is 2.87 bits per heavy atom. The lowest BCUT2D eigenvalue weighted by atomic mass is 10.2. The molecule has 10 heteroatoms. The third-order valence-electron chi connectivity index (χ3n) is 2.77. The van der Waals surface area contributed by atoms with Crippen LogP contribution in [0.1, 0.15) is 9.67 Å². The number of halogens is 4. The lowest BCUT2D eigenvalue weighted by molar-refractivity contribution is -0.0487. The van der Waals surface area contributed by atoms with Crippen LogP contribution in [0.5, 0.6) is 5.75 Å². The summed E-state index contributed by atoms with van der Waals surface area (Å²) in [5.41, 5.74) is 0. The van der Waals surface area contributed by atoms with Crippen molar-refractivity contribution in [2.24, 2.45) is 0 Å². The molecule has 0 saturated carbocycles. The summed E-state index contributed by atoms with van der Waals surface area (Å²) in [5.74, 6) is -0.534. The highest BCUT2D eigenvalue weighted by atomic mass is 79.9. The molecule has 0 atom stereocenters. The molecule has 2 heterocycles. The van der Waals surface area contributed by atoms with Gasteiger partial charge in [-0.2, -0.15) is 8.78 Å². The SMILES string of the molecule is O=C(Nc1nccs1)c1sc2c(Br)ccc(OC(F)F)c2c1Cl. The maximum Gasteiger partial charge on any atom is 0.387 e. The van der Waals surface area contributed by atoms with Crippen molar-refractivity contribution < 1.29 is 18.3 Å². The van der Waals surface area contributed by atoms with E-state index in [9.17, 15) is 13.6 Å². The smallest absolute Gasteiger partial charge is 0.387 e. The number of alkyl halides is 2. The molecule has 0 unspecified atom stereocenters. The Kier molecular flexibility index (Phi) is 4.81. The van der Waals surface area contributed by atoms with E-state index in [-0.39, 0.29) is 21.0 Å². The van der Waals surface area contributed by atoms with Gasteiger partial charge >= 0.3 is 6.61 Å². The number of nitrogens with zero attached hydrogens (tertiary/aromatic N) is 1. The summed E-state index contributed by atoms with van der Waals surface area (Å²) in [5, 5.41) is 5.09. The largest absolute Gasteiger partial charge is 0.434 e. The fraction of sp³-hybridized carbons (Fsp3) is 0.0769. The Bertz CT molecular complexity index is 871. The molecule has 1 N–H and O–H groups in total. The van der Waals surface area contributed by atoms with Gasteiger partial charge in [0.15, 0.2) is 5.13 Å². The van der Waals surface area contributed by atoms with Gasteiger partial charge in [-0.05, 0) is 28.1 Å². The number of rotatable bonds is 4. The van der Waals surface area contributed by atoms with E-state index < -0.39 is 12.5 Å². The number of hydrogen-bond acceptors (Lipinski definition) is 5. The molecule has 0 aliphatic heterocycles. The molecule has 4 nitrogen and oxygen atoms in total. The number of thiazole rings is 1. The van der Waals surface area contributed by atoms with Gasteiger partial charge < -0.3 is 4.74 Å². The summed E-state index contributed by atoms with van der Waals surface area (Å²) in [6.45, 7) is -2.98. The Labute approximate surface area is 150 Å². The van der Waals surface area contributed by atoms with Crippen molar-refractivity contribution >= 4 is 71.3 Å². The molecular formula is C13H6BrClF2N2O2S2. The van der Waals surface area contributed by atoms with Crippen molar-refractivity contribution in [1.29, 1.82) is 0 Å². The van der Waals surface area contributed by atoms with Crippen LogP contribution in [-0.2, 0) is 0 Å². The van der Waals surface area contributed by atoms with E-state index in [4.69, 9.17) is 11.6 Å². The first-order valence-corrected chi connectivity index (χ1v) is 8.90.